The third-order valence-corrected chi connectivity index (χ3v) is 3.92. The first-order chi connectivity index (χ1) is 6.90. The standard InChI is InChI=1S/C11H20N2OS/c1-4-11(5-2,8(12)15)9(14)13-10(3)6-7-10/h4-7H2,1-3H3,(H2,12,15)(H,13,14). The third-order valence-electron chi connectivity index (χ3n) is 3.53. The van der Waals surface area contributed by atoms with Crippen molar-refractivity contribution in [1.82, 2.24) is 5.32 Å². The van der Waals surface area contributed by atoms with Crippen LogP contribution in [0.4, 0.5) is 0 Å². The fraction of sp³-hybridized carbons (Fsp3) is 0.818. The highest BCUT2D eigenvalue weighted by atomic mass is 32.1. The van der Waals surface area contributed by atoms with Crippen LogP contribution >= 0.6 is 12.2 Å². The van der Waals surface area contributed by atoms with Gasteiger partial charge in [-0.25, -0.2) is 0 Å². The zero-order valence-electron chi connectivity index (χ0n) is 9.72. The minimum atomic E-state index is -0.652. The van der Waals surface area contributed by atoms with Gasteiger partial charge in [0, 0.05) is 5.54 Å². The topological polar surface area (TPSA) is 55.1 Å². The molecule has 4 heteroatoms. The Morgan fingerprint density at radius 1 is 1.47 bits per heavy atom. The minimum absolute atomic E-state index is 0.000000000000000444. The Morgan fingerprint density at radius 3 is 2.20 bits per heavy atom. The Bertz CT molecular complexity index is 280. The predicted molar refractivity (Wildman–Crippen MR) is 65.6 cm³/mol. The Balaban J connectivity index is 2.79. The van der Waals surface area contributed by atoms with Crippen molar-refractivity contribution >= 4 is 23.1 Å². The first-order valence-corrected chi connectivity index (χ1v) is 5.93. The summed E-state index contributed by atoms with van der Waals surface area (Å²) in [6, 6.07) is 0. The fourth-order valence-corrected chi connectivity index (χ4v) is 2.12. The number of amides is 1. The average Bonchev–Trinajstić information content (AvgIpc) is 2.85. The Kier molecular flexibility index (Phi) is 3.38. The molecule has 0 aromatic rings. The molecule has 1 aliphatic carbocycles. The molecule has 0 saturated heterocycles. The summed E-state index contributed by atoms with van der Waals surface area (Å²) in [6.07, 6.45) is 3.45. The lowest BCUT2D eigenvalue weighted by atomic mass is 9.81. The monoisotopic (exact) mass is 228 g/mol. The Hall–Kier alpha value is -0.640. The van der Waals surface area contributed by atoms with E-state index in [-0.39, 0.29) is 11.4 Å². The molecule has 0 spiro atoms. The lowest BCUT2D eigenvalue weighted by molar-refractivity contribution is -0.128. The third kappa shape index (κ3) is 2.30. The summed E-state index contributed by atoms with van der Waals surface area (Å²) in [5.41, 5.74) is 5.05. The van der Waals surface area contributed by atoms with Gasteiger partial charge >= 0.3 is 0 Å². The zero-order valence-corrected chi connectivity index (χ0v) is 10.5. The highest BCUT2D eigenvalue weighted by Crippen LogP contribution is 2.37. The summed E-state index contributed by atoms with van der Waals surface area (Å²) in [4.78, 5) is 12.5. The molecule has 3 nitrogen and oxygen atoms in total. The smallest absolute Gasteiger partial charge is 0.233 e. The molecule has 1 saturated carbocycles. The largest absolute Gasteiger partial charge is 0.392 e. The maximum absolute atomic E-state index is 12.1. The normalized spacial score (nSPS) is 18.3. The molecule has 0 aromatic carbocycles. The van der Waals surface area contributed by atoms with E-state index >= 15 is 0 Å². The first kappa shape index (κ1) is 12.4. The SMILES string of the molecule is CCC(CC)(C(=O)NC1(C)CC1)C(N)=S. The Morgan fingerprint density at radius 2 is 1.93 bits per heavy atom. The van der Waals surface area contributed by atoms with Crippen molar-refractivity contribution in [3.05, 3.63) is 0 Å². The number of nitrogens with one attached hydrogen (secondary N) is 1. The van der Waals surface area contributed by atoms with Crippen LogP contribution in [-0.4, -0.2) is 16.4 Å². The molecule has 0 radical (unpaired) electrons. The molecule has 86 valence electrons. The van der Waals surface area contributed by atoms with E-state index in [4.69, 9.17) is 18.0 Å². The molecule has 0 heterocycles. The van der Waals surface area contributed by atoms with Crippen LogP contribution in [0.1, 0.15) is 46.5 Å². The van der Waals surface area contributed by atoms with Gasteiger partial charge in [-0.2, -0.15) is 0 Å². The van der Waals surface area contributed by atoms with Gasteiger partial charge in [0.25, 0.3) is 0 Å². The average molecular weight is 228 g/mol. The molecular formula is C11H20N2OS. The van der Waals surface area contributed by atoms with Gasteiger partial charge in [0.1, 0.15) is 0 Å². The summed E-state index contributed by atoms with van der Waals surface area (Å²) in [5, 5.41) is 3.05. The highest BCUT2D eigenvalue weighted by Gasteiger charge is 2.45. The fourth-order valence-electron chi connectivity index (χ4n) is 1.74. The van der Waals surface area contributed by atoms with Gasteiger partial charge < -0.3 is 11.1 Å². The lowest BCUT2D eigenvalue weighted by Gasteiger charge is -2.30. The van der Waals surface area contributed by atoms with Gasteiger partial charge in [0.05, 0.1) is 10.4 Å². The maximum atomic E-state index is 12.1. The van der Waals surface area contributed by atoms with Crippen molar-refractivity contribution in [1.29, 1.82) is 0 Å². The van der Waals surface area contributed by atoms with Crippen LogP contribution in [0.15, 0.2) is 0 Å². The number of rotatable bonds is 5. The van der Waals surface area contributed by atoms with Gasteiger partial charge in [0.15, 0.2) is 0 Å². The number of hydrogen-bond acceptors (Lipinski definition) is 2. The molecular weight excluding hydrogens is 208 g/mol. The highest BCUT2D eigenvalue weighted by molar-refractivity contribution is 7.80. The number of thiocarbonyl (C=S) groups is 1. The number of nitrogens with two attached hydrogens (primary N) is 1. The van der Waals surface area contributed by atoms with Gasteiger partial charge in [-0.15, -0.1) is 0 Å². The second-order valence-electron chi connectivity index (χ2n) is 4.67. The van der Waals surface area contributed by atoms with Crippen molar-refractivity contribution in [2.24, 2.45) is 11.1 Å². The first-order valence-electron chi connectivity index (χ1n) is 5.53. The molecule has 0 aliphatic heterocycles. The second kappa shape index (κ2) is 4.08. The van der Waals surface area contributed by atoms with Crippen LogP contribution in [0.25, 0.3) is 0 Å². The van der Waals surface area contributed by atoms with E-state index < -0.39 is 5.41 Å². The molecule has 0 bridgehead atoms. The van der Waals surface area contributed by atoms with Crippen LogP contribution in [0.5, 0.6) is 0 Å². The lowest BCUT2D eigenvalue weighted by Crippen LogP contribution is -2.51. The van der Waals surface area contributed by atoms with Crippen LogP contribution in [0.2, 0.25) is 0 Å². The van der Waals surface area contributed by atoms with Gasteiger partial charge in [-0.1, -0.05) is 26.1 Å². The van der Waals surface area contributed by atoms with Crippen molar-refractivity contribution < 1.29 is 4.79 Å². The van der Waals surface area contributed by atoms with E-state index in [2.05, 4.69) is 12.2 Å². The predicted octanol–water partition coefficient (Wildman–Crippen LogP) is 1.75. The molecule has 1 rings (SSSR count). The van der Waals surface area contributed by atoms with Gasteiger partial charge in [0.2, 0.25) is 5.91 Å². The quantitative estimate of drug-likeness (QED) is 0.705. The molecule has 1 fully saturated rings. The van der Waals surface area contributed by atoms with Crippen molar-refractivity contribution in [3.63, 3.8) is 0 Å². The molecule has 0 aromatic heterocycles. The van der Waals surface area contributed by atoms with E-state index in [1.807, 2.05) is 13.8 Å². The van der Waals surface area contributed by atoms with Crippen molar-refractivity contribution in [3.8, 4) is 0 Å². The molecule has 0 unspecified atom stereocenters. The van der Waals surface area contributed by atoms with E-state index in [1.165, 1.54) is 0 Å². The summed E-state index contributed by atoms with van der Waals surface area (Å²) >= 11 is 5.03. The van der Waals surface area contributed by atoms with Gasteiger partial charge in [-0.05, 0) is 32.6 Å². The second-order valence-corrected chi connectivity index (χ2v) is 5.11. The molecule has 3 N–H and O–H groups in total. The van der Waals surface area contributed by atoms with E-state index in [9.17, 15) is 4.79 Å². The molecule has 15 heavy (non-hydrogen) atoms. The summed E-state index contributed by atoms with van der Waals surface area (Å²) in [5.74, 6) is 0.000000000000000444. The number of carbonyl (C=O) groups is 1. The van der Waals surface area contributed by atoms with E-state index in [0.717, 1.165) is 12.8 Å². The van der Waals surface area contributed by atoms with Crippen LogP contribution in [0.3, 0.4) is 0 Å². The number of carbonyl (C=O) groups excluding carboxylic acids is 1. The van der Waals surface area contributed by atoms with Crippen molar-refractivity contribution in [2.75, 3.05) is 0 Å². The Labute approximate surface area is 96.8 Å². The van der Waals surface area contributed by atoms with Crippen LogP contribution in [-0.2, 0) is 4.79 Å². The van der Waals surface area contributed by atoms with E-state index in [0.29, 0.717) is 17.8 Å². The zero-order chi connectivity index (χ0) is 11.7. The van der Waals surface area contributed by atoms with Gasteiger partial charge in [-0.3, -0.25) is 4.79 Å². The molecule has 1 aliphatic rings. The van der Waals surface area contributed by atoms with Crippen LogP contribution < -0.4 is 11.1 Å². The molecule has 0 atom stereocenters. The summed E-state index contributed by atoms with van der Waals surface area (Å²) in [7, 11) is 0. The number of hydrogen-bond donors (Lipinski definition) is 2. The summed E-state index contributed by atoms with van der Waals surface area (Å²) in [6.45, 7) is 5.97. The molecule has 1 amide bonds. The summed E-state index contributed by atoms with van der Waals surface area (Å²) < 4.78 is 0. The maximum Gasteiger partial charge on any atom is 0.233 e. The van der Waals surface area contributed by atoms with Crippen molar-refractivity contribution in [2.45, 2.75) is 52.0 Å². The van der Waals surface area contributed by atoms with Crippen LogP contribution in [0, 0.1) is 5.41 Å². The minimum Gasteiger partial charge on any atom is -0.392 e. The van der Waals surface area contributed by atoms with E-state index in [1.54, 1.807) is 0 Å².